The fourth-order valence-corrected chi connectivity index (χ4v) is 4.08. The Morgan fingerprint density at radius 1 is 1.23 bits per heavy atom. The minimum atomic E-state index is -0.376. The zero-order valence-corrected chi connectivity index (χ0v) is 15.9. The Labute approximate surface area is 162 Å². The molecule has 0 amide bonds. The third-order valence-electron chi connectivity index (χ3n) is 3.80. The number of nitrogens with zero attached hydrogens (tertiary/aromatic N) is 1. The molecule has 2 aromatic carbocycles. The number of hydrogen-bond donors (Lipinski definition) is 2. The molecule has 2 N–H and O–H groups in total. The molecule has 0 unspecified atom stereocenters. The van der Waals surface area contributed by atoms with Gasteiger partial charge >= 0.3 is 5.63 Å². The molecule has 2 aromatic heterocycles. The maximum atomic E-state index is 11.5. The first kappa shape index (κ1) is 17.0. The highest BCUT2D eigenvalue weighted by Gasteiger charge is 2.09. The molecule has 5 nitrogen and oxygen atoms in total. The highest BCUT2D eigenvalue weighted by Crippen LogP contribution is 2.30. The smallest absolute Gasteiger partial charge is 0.336 e. The molecule has 0 aliphatic heterocycles. The summed E-state index contributed by atoms with van der Waals surface area (Å²) in [7, 11) is 0. The van der Waals surface area contributed by atoms with Crippen molar-refractivity contribution in [3.63, 3.8) is 0 Å². The van der Waals surface area contributed by atoms with Crippen molar-refractivity contribution in [1.29, 1.82) is 0 Å². The van der Waals surface area contributed by atoms with Gasteiger partial charge in [0, 0.05) is 23.2 Å². The fourth-order valence-electron chi connectivity index (χ4n) is 2.63. The van der Waals surface area contributed by atoms with Gasteiger partial charge in [-0.15, -0.1) is 0 Å². The van der Waals surface area contributed by atoms with E-state index in [0.717, 1.165) is 21.2 Å². The lowest BCUT2D eigenvalue weighted by Gasteiger charge is -2.09. The van der Waals surface area contributed by atoms with Crippen molar-refractivity contribution in [2.75, 3.05) is 10.6 Å². The Kier molecular flexibility index (Phi) is 4.36. The second-order valence-corrected chi connectivity index (χ2v) is 7.49. The lowest BCUT2D eigenvalue weighted by atomic mass is 10.1. The van der Waals surface area contributed by atoms with Crippen molar-refractivity contribution in [1.82, 2.24) is 4.98 Å². The predicted molar refractivity (Wildman–Crippen MR) is 112 cm³/mol. The van der Waals surface area contributed by atoms with Gasteiger partial charge in [0.25, 0.3) is 0 Å². The van der Waals surface area contributed by atoms with Crippen LogP contribution in [0.2, 0.25) is 5.02 Å². The average molecular weight is 402 g/mol. The number of benzene rings is 2. The monoisotopic (exact) mass is 401 g/mol. The molecule has 0 saturated heterocycles. The molecule has 130 valence electrons. The second-order valence-electron chi connectivity index (χ2n) is 5.64. The third kappa shape index (κ3) is 3.29. The van der Waals surface area contributed by atoms with Gasteiger partial charge in [0.1, 0.15) is 11.1 Å². The molecule has 0 spiro atoms. The minimum Gasteiger partial charge on any atom is -0.423 e. The quantitative estimate of drug-likeness (QED) is 0.356. The van der Waals surface area contributed by atoms with Crippen molar-refractivity contribution in [2.45, 2.75) is 6.92 Å². The van der Waals surface area contributed by atoms with E-state index < -0.39 is 0 Å². The van der Waals surface area contributed by atoms with Gasteiger partial charge in [-0.2, -0.15) is 0 Å². The highest BCUT2D eigenvalue weighted by molar-refractivity contribution is 7.80. The Morgan fingerprint density at radius 3 is 2.88 bits per heavy atom. The number of rotatable bonds is 2. The van der Waals surface area contributed by atoms with Crippen LogP contribution in [0.4, 0.5) is 10.8 Å². The predicted octanol–water partition coefficient (Wildman–Crippen LogP) is 5.17. The number of thiocarbonyl (C=S) groups is 1. The molecule has 0 bridgehead atoms. The second kappa shape index (κ2) is 6.68. The molecular formula is C18H12ClN3O2S2. The molecule has 2 heterocycles. The number of nitrogens with one attached hydrogen (secondary N) is 2. The van der Waals surface area contributed by atoms with E-state index in [1.807, 2.05) is 31.2 Å². The van der Waals surface area contributed by atoms with E-state index in [-0.39, 0.29) is 5.63 Å². The van der Waals surface area contributed by atoms with E-state index >= 15 is 0 Å². The summed E-state index contributed by atoms with van der Waals surface area (Å²) < 4.78 is 6.23. The molecule has 8 heteroatoms. The fraction of sp³-hybridized carbons (Fsp3) is 0.0556. The first-order valence-electron chi connectivity index (χ1n) is 7.67. The van der Waals surface area contributed by atoms with Crippen LogP contribution in [0.25, 0.3) is 21.2 Å². The first-order valence-corrected chi connectivity index (χ1v) is 9.27. The molecule has 0 aliphatic rings. The van der Waals surface area contributed by atoms with Crippen molar-refractivity contribution < 1.29 is 4.42 Å². The van der Waals surface area contributed by atoms with Gasteiger partial charge in [0.2, 0.25) is 0 Å². The summed E-state index contributed by atoms with van der Waals surface area (Å²) >= 11 is 13.0. The van der Waals surface area contributed by atoms with Crippen molar-refractivity contribution in [3.8, 4) is 0 Å². The molecule has 26 heavy (non-hydrogen) atoms. The Morgan fingerprint density at radius 2 is 2.08 bits per heavy atom. The Bertz CT molecular complexity index is 1220. The third-order valence-corrected chi connectivity index (χ3v) is 5.24. The number of para-hydroxylation sites is 1. The van der Waals surface area contributed by atoms with Crippen LogP contribution in [-0.2, 0) is 0 Å². The van der Waals surface area contributed by atoms with E-state index in [1.165, 1.54) is 17.4 Å². The molecule has 0 aliphatic carbocycles. The summed E-state index contributed by atoms with van der Waals surface area (Å²) in [4.78, 5) is 16.0. The van der Waals surface area contributed by atoms with E-state index in [4.69, 9.17) is 28.2 Å². The molecular weight excluding hydrogens is 390 g/mol. The van der Waals surface area contributed by atoms with Crippen molar-refractivity contribution in [3.05, 3.63) is 63.5 Å². The largest absolute Gasteiger partial charge is 0.423 e. The molecule has 0 saturated carbocycles. The highest BCUT2D eigenvalue weighted by atomic mass is 35.5. The van der Waals surface area contributed by atoms with Gasteiger partial charge in [-0.1, -0.05) is 29.0 Å². The van der Waals surface area contributed by atoms with Crippen LogP contribution in [0, 0.1) is 6.92 Å². The SMILES string of the molecule is Cc1cc(=O)oc2cc(NC(=S)Nc3nc4c(Cl)cccc4s3)ccc12. The van der Waals surface area contributed by atoms with E-state index in [9.17, 15) is 4.79 Å². The van der Waals surface area contributed by atoms with Crippen LogP contribution in [0.3, 0.4) is 0 Å². The maximum absolute atomic E-state index is 11.5. The minimum absolute atomic E-state index is 0.376. The zero-order chi connectivity index (χ0) is 18.3. The van der Waals surface area contributed by atoms with Gasteiger partial charge in [-0.25, -0.2) is 9.78 Å². The average Bonchev–Trinajstić information content (AvgIpc) is 2.98. The summed E-state index contributed by atoms with van der Waals surface area (Å²) in [5, 5.41) is 8.64. The number of aromatic nitrogens is 1. The van der Waals surface area contributed by atoms with Gasteiger partial charge in [-0.05, 0) is 49.0 Å². The van der Waals surface area contributed by atoms with Crippen LogP contribution in [0.1, 0.15) is 5.56 Å². The number of halogens is 1. The van der Waals surface area contributed by atoms with Crippen LogP contribution >= 0.6 is 35.2 Å². The maximum Gasteiger partial charge on any atom is 0.336 e. The molecule has 4 aromatic rings. The number of anilines is 2. The van der Waals surface area contributed by atoms with E-state index in [1.54, 1.807) is 12.1 Å². The van der Waals surface area contributed by atoms with Gasteiger partial charge < -0.3 is 15.1 Å². The molecule has 0 atom stereocenters. The first-order chi connectivity index (χ1) is 12.5. The van der Waals surface area contributed by atoms with E-state index in [2.05, 4.69) is 15.6 Å². The number of aryl methyl sites for hydroxylation is 1. The summed E-state index contributed by atoms with van der Waals surface area (Å²) in [5.41, 5.74) is 2.46. The standard InChI is InChI=1S/C18H12ClN3O2S2/c1-9-7-15(23)24-13-8-10(5-6-11(9)13)20-17(25)22-18-21-16-12(19)3-2-4-14(16)26-18/h2-8H,1H3,(H2,20,21,22,25). The van der Waals surface area contributed by atoms with Crippen LogP contribution in [0.5, 0.6) is 0 Å². The normalized spacial score (nSPS) is 11.0. The number of hydrogen-bond acceptors (Lipinski definition) is 5. The summed E-state index contributed by atoms with van der Waals surface area (Å²) in [6.45, 7) is 1.87. The van der Waals surface area contributed by atoms with Gasteiger partial charge in [-0.3, -0.25) is 0 Å². The molecule has 4 rings (SSSR count). The lowest BCUT2D eigenvalue weighted by molar-refractivity contribution is 0.560. The Balaban J connectivity index is 1.56. The van der Waals surface area contributed by atoms with Crippen molar-refractivity contribution >= 4 is 72.3 Å². The molecule has 0 radical (unpaired) electrons. The summed E-state index contributed by atoms with van der Waals surface area (Å²) in [6.07, 6.45) is 0. The number of thiazole rings is 1. The van der Waals surface area contributed by atoms with Gasteiger partial charge in [0.15, 0.2) is 10.2 Å². The topological polar surface area (TPSA) is 67.2 Å². The van der Waals surface area contributed by atoms with Crippen LogP contribution < -0.4 is 16.3 Å². The van der Waals surface area contributed by atoms with Crippen LogP contribution in [0.15, 0.2) is 51.7 Å². The Hall–Kier alpha value is -2.48. The summed E-state index contributed by atoms with van der Waals surface area (Å²) in [6, 6.07) is 12.6. The lowest BCUT2D eigenvalue weighted by Crippen LogP contribution is -2.18. The zero-order valence-electron chi connectivity index (χ0n) is 13.5. The van der Waals surface area contributed by atoms with Gasteiger partial charge in [0.05, 0.1) is 9.72 Å². The summed E-state index contributed by atoms with van der Waals surface area (Å²) in [5.74, 6) is 0. The molecule has 0 fully saturated rings. The van der Waals surface area contributed by atoms with E-state index in [0.29, 0.717) is 26.5 Å². The van der Waals surface area contributed by atoms with Crippen LogP contribution in [-0.4, -0.2) is 10.1 Å². The van der Waals surface area contributed by atoms with Crippen molar-refractivity contribution in [2.24, 2.45) is 0 Å². The number of fused-ring (bicyclic) bond motifs is 2.